The molecule has 0 saturated heterocycles. The maximum Gasteiger partial charge on any atom is 0.137 e. The van der Waals surface area contributed by atoms with E-state index in [1.54, 1.807) is 18.5 Å². The molecule has 2 heterocycles. The molecule has 0 aliphatic rings. The summed E-state index contributed by atoms with van der Waals surface area (Å²) in [7, 11) is 0. The summed E-state index contributed by atoms with van der Waals surface area (Å²) in [5.74, 6) is 0.520. The second-order valence-electron chi connectivity index (χ2n) is 6.12. The van der Waals surface area contributed by atoms with Gasteiger partial charge in [-0.05, 0) is 53.9 Å². The highest BCUT2D eigenvalue weighted by Gasteiger charge is 2.07. The van der Waals surface area contributed by atoms with Crippen molar-refractivity contribution in [1.29, 1.82) is 0 Å². The molecule has 0 fully saturated rings. The van der Waals surface area contributed by atoms with Crippen molar-refractivity contribution in [2.45, 2.75) is 13.5 Å². The van der Waals surface area contributed by atoms with Gasteiger partial charge >= 0.3 is 0 Å². The zero-order valence-electron chi connectivity index (χ0n) is 14.3. The third kappa shape index (κ3) is 3.37. The van der Waals surface area contributed by atoms with Gasteiger partial charge in [-0.2, -0.15) is 0 Å². The molecule has 0 spiro atoms. The van der Waals surface area contributed by atoms with Crippen LogP contribution in [0, 0.1) is 12.7 Å². The Morgan fingerprint density at radius 2 is 1.69 bits per heavy atom. The molecule has 128 valence electrons. The minimum Gasteiger partial charge on any atom is -0.365 e. The zero-order valence-corrected chi connectivity index (χ0v) is 14.3. The molecule has 0 amide bonds. The molecular weight excluding hydrogens is 327 g/mol. The minimum absolute atomic E-state index is 0.244. The Hall–Kier alpha value is -3.34. The van der Waals surface area contributed by atoms with Crippen molar-refractivity contribution in [3.63, 3.8) is 0 Å². The molecule has 2 aromatic heterocycles. The molecule has 5 heteroatoms. The summed E-state index contributed by atoms with van der Waals surface area (Å²) in [6.07, 6.45) is 3.41. The Morgan fingerprint density at radius 1 is 0.885 bits per heavy atom. The van der Waals surface area contributed by atoms with Crippen molar-refractivity contribution in [2.75, 3.05) is 5.32 Å². The minimum atomic E-state index is -0.244. The lowest BCUT2D eigenvalue weighted by molar-refractivity contribution is 0.628. The van der Waals surface area contributed by atoms with Crippen LogP contribution in [-0.2, 0) is 6.54 Å². The summed E-state index contributed by atoms with van der Waals surface area (Å²) in [6.45, 7) is 2.59. The molecule has 0 radical (unpaired) electrons. The predicted molar refractivity (Wildman–Crippen MR) is 101 cm³/mol. The van der Waals surface area contributed by atoms with Crippen LogP contribution < -0.4 is 5.32 Å². The SMILES string of the molecule is Cc1ccc(CNc2ncnc3ccc(-c4ccc(F)cc4)cc23)cn1. The molecular formula is C21H17FN4. The standard InChI is InChI=1S/C21H17FN4/c1-14-2-3-15(11-23-14)12-24-21-19-10-17(6-9-20(19)25-13-26-21)16-4-7-18(22)8-5-16/h2-11,13H,12H2,1H3,(H,24,25,26). The van der Waals surface area contributed by atoms with Gasteiger partial charge in [0.1, 0.15) is 18.0 Å². The average molecular weight is 344 g/mol. The number of aryl methyl sites for hydroxylation is 1. The third-order valence-corrected chi connectivity index (χ3v) is 4.25. The van der Waals surface area contributed by atoms with Gasteiger partial charge in [-0.1, -0.05) is 24.3 Å². The quantitative estimate of drug-likeness (QED) is 0.580. The molecule has 4 aromatic rings. The van der Waals surface area contributed by atoms with Gasteiger partial charge in [-0.25, -0.2) is 14.4 Å². The lowest BCUT2D eigenvalue weighted by Gasteiger charge is -2.10. The first-order valence-electron chi connectivity index (χ1n) is 8.35. The second-order valence-corrected chi connectivity index (χ2v) is 6.12. The van der Waals surface area contributed by atoms with Crippen LogP contribution in [0.15, 0.2) is 67.1 Å². The number of benzene rings is 2. The van der Waals surface area contributed by atoms with E-state index >= 15 is 0 Å². The molecule has 1 N–H and O–H groups in total. The molecule has 2 aromatic carbocycles. The summed E-state index contributed by atoms with van der Waals surface area (Å²) < 4.78 is 13.2. The molecule has 0 aliphatic heterocycles. The molecule has 0 unspecified atom stereocenters. The van der Waals surface area contributed by atoms with E-state index < -0.39 is 0 Å². The van der Waals surface area contributed by atoms with E-state index in [1.807, 2.05) is 43.5 Å². The first-order valence-corrected chi connectivity index (χ1v) is 8.35. The molecule has 0 saturated carbocycles. The number of hydrogen-bond acceptors (Lipinski definition) is 4. The van der Waals surface area contributed by atoms with Gasteiger partial charge in [0.2, 0.25) is 0 Å². The van der Waals surface area contributed by atoms with Crippen LogP contribution in [0.5, 0.6) is 0 Å². The molecule has 0 bridgehead atoms. The van der Waals surface area contributed by atoms with Crippen molar-refractivity contribution < 1.29 is 4.39 Å². The van der Waals surface area contributed by atoms with Gasteiger partial charge in [0.05, 0.1) is 5.52 Å². The summed E-state index contributed by atoms with van der Waals surface area (Å²) in [6, 6.07) is 16.5. The van der Waals surface area contributed by atoms with Crippen LogP contribution in [0.2, 0.25) is 0 Å². The van der Waals surface area contributed by atoms with E-state index in [9.17, 15) is 4.39 Å². The highest BCUT2D eigenvalue weighted by atomic mass is 19.1. The maximum absolute atomic E-state index is 13.2. The number of nitrogens with zero attached hydrogens (tertiary/aromatic N) is 3. The van der Waals surface area contributed by atoms with E-state index in [1.165, 1.54) is 12.1 Å². The van der Waals surface area contributed by atoms with Gasteiger partial charge in [-0.3, -0.25) is 4.98 Å². The molecule has 0 atom stereocenters. The van der Waals surface area contributed by atoms with E-state index in [2.05, 4.69) is 20.3 Å². The largest absolute Gasteiger partial charge is 0.365 e. The average Bonchev–Trinajstić information content (AvgIpc) is 2.68. The van der Waals surface area contributed by atoms with E-state index in [-0.39, 0.29) is 5.82 Å². The zero-order chi connectivity index (χ0) is 17.9. The van der Waals surface area contributed by atoms with Crippen molar-refractivity contribution in [3.05, 3.63) is 84.2 Å². The number of anilines is 1. The van der Waals surface area contributed by atoms with Gasteiger partial charge in [0.25, 0.3) is 0 Å². The predicted octanol–water partition coefficient (Wildman–Crippen LogP) is 4.75. The van der Waals surface area contributed by atoms with E-state index in [4.69, 9.17) is 0 Å². The highest BCUT2D eigenvalue weighted by Crippen LogP contribution is 2.27. The van der Waals surface area contributed by atoms with Gasteiger partial charge < -0.3 is 5.32 Å². The number of nitrogens with one attached hydrogen (secondary N) is 1. The normalized spacial score (nSPS) is 10.8. The maximum atomic E-state index is 13.2. The summed E-state index contributed by atoms with van der Waals surface area (Å²) in [5.41, 5.74) is 4.87. The molecule has 4 rings (SSSR count). The second kappa shape index (κ2) is 6.88. The van der Waals surface area contributed by atoms with Crippen LogP contribution in [0.3, 0.4) is 0 Å². The van der Waals surface area contributed by atoms with Crippen LogP contribution in [-0.4, -0.2) is 15.0 Å². The summed E-state index contributed by atoms with van der Waals surface area (Å²) in [5, 5.41) is 4.29. The Morgan fingerprint density at radius 3 is 2.46 bits per heavy atom. The van der Waals surface area contributed by atoms with Gasteiger partial charge in [0, 0.05) is 23.8 Å². The summed E-state index contributed by atoms with van der Waals surface area (Å²) >= 11 is 0. The Kier molecular flexibility index (Phi) is 4.27. The number of halogens is 1. The molecule has 26 heavy (non-hydrogen) atoms. The fourth-order valence-electron chi connectivity index (χ4n) is 2.81. The number of rotatable bonds is 4. The summed E-state index contributed by atoms with van der Waals surface area (Å²) in [4.78, 5) is 13.0. The first-order chi connectivity index (χ1) is 12.7. The van der Waals surface area contributed by atoms with Crippen LogP contribution in [0.1, 0.15) is 11.3 Å². The number of aromatic nitrogens is 3. The van der Waals surface area contributed by atoms with Crippen LogP contribution in [0.25, 0.3) is 22.0 Å². The van der Waals surface area contributed by atoms with Crippen molar-refractivity contribution in [3.8, 4) is 11.1 Å². The number of pyridine rings is 1. The number of hydrogen-bond donors (Lipinski definition) is 1. The van der Waals surface area contributed by atoms with Gasteiger partial charge in [0.15, 0.2) is 0 Å². The van der Waals surface area contributed by atoms with E-state index in [0.29, 0.717) is 6.54 Å². The van der Waals surface area contributed by atoms with Crippen molar-refractivity contribution in [1.82, 2.24) is 15.0 Å². The lowest BCUT2D eigenvalue weighted by atomic mass is 10.0. The number of fused-ring (bicyclic) bond motifs is 1. The van der Waals surface area contributed by atoms with E-state index in [0.717, 1.165) is 39.1 Å². The van der Waals surface area contributed by atoms with Crippen LogP contribution >= 0.6 is 0 Å². The van der Waals surface area contributed by atoms with Crippen molar-refractivity contribution >= 4 is 16.7 Å². The monoisotopic (exact) mass is 344 g/mol. The highest BCUT2D eigenvalue weighted by molar-refractivity contribution is 5.92. The molecule has 4 nitrogen and oxygen atoms in total. The lowest BCUT2D eigenvalue weighted by Crippen LogP contribution is -2.03. The molecule has 0 aliphatic carbocycles. The first kappa shape index (κ1) is 16.1. The van der Waals surface area contributed by atoms with Crippen molar-refractivity contribution in [2.24, 2.45) is 0 Å². The Balaban J connectivity index is 1.66. The fraction of sp³-hybridized carbons (Fsp3) is 0.0952. The Bertz CT molecular complexity index is 1040. The third-order valence-electron chi connectivity index (χ3n) is 4.25. The topological polar surface area (TPSA) is 50.7 Å². The Labute approximate surface area is 150 Å². The van der Waals surface area contributed by atoms with Crippen LogP contribution in [0.4, 0.5) is 10.2 Å². The fourth-order valence-corrected chi connectivity index (χ4v) is 2.81. The van der Waals surface area contributed by atoms with Gasteiger partial charge in [-0.15, -0.1) is 0 Å². The smallest absolute Gasteiger partial charge is 0.137 e.